The molecule has 1 N–H and O–H groups in total. The molecule has 0 aliphatic carbocycles. The van der Waals surface area contributed by atoms with E-state index in [-0.39, 0.29) is 50.3 Å². The maximum atomic E-state index is 13.7. The highest BCUT2D eigenvalue weighted by atomic mass is 32.1. The van der Waals surface area contributed by atoms with Crippen LogP contribution in [0.5, 0.6) is 0 Å². The van der Waals surface area contributed by atoms with Crippen LogP contribution < -0.4 is 0 Å². The third-order valence-electron chi connectivity index (χ3n) is 6.02. The van der Waals surface area contributed by atoms with Crippen LogP contribution in [-0.4, -0.2) is 45.8 Å². The number of carbonyl (C=O) groups is 3. The Hall–Kier alpha value is -3.29. The van der Waals surface area contributed by atoms with Gasteiger partial charge in [-0.05, 0) is 22.6 Å². The van der Waals surface area contributed by atoms with Crippen LogP contribution in [0.2, 0.25) is 0 Å². The molecule has 0 bridgehead atoms. The summed E-state index contributed by atoms with van der Waals surface area (Å²) in [6.07, 6.45) is -0.180. The summed E-state index contributed by atoms with van der Waals surface area (Å²) in [6, 6.07) is 22.4. The zero-order chi connectivity index (χ0) is 23.3. The monoisotopic (exact) mass is 462 g/mol. The summed E-state index contributed by atoms with van der Waals surface area (Å²) in [5.74, 6) is -0.887. The number of benzene rings is 2. The van der Waals surface area contributed by atoms with Crippen molar-refractivity contribution in [3.63, 3.8) is 0 Å². The standard InChI is InChI=1S/C26H26N2O4S/c29-14-13-27(18-20-8-3-1-4-9-20)23(30)16-26(21-10-5-2-6-11-21)17-24(31)28(25(26)32)19-22-12-7-15-33-22/h1-12,15,29H,13-14,16-19H2/t26-/m1/s1. The number of thiophene rings is 1. The van der Waals surface area contributed by atoms with Gasteiger partial charge in [0.2, 0.25) is 17.7 Å². The Morgan fingerprint density at radius 2 is 1.70 bits per heavy atom. The van der Waals surface area contributed by atoms with E-state index in [0.29, 0.717) is 12.1 Å². The minimum absolute atomic E-state index is 0.0503. The van der Waals surface area contributed by atoms with Gasteiger partial charge in [-0.2, -0.15) is 0 Å². The third-order valence-corrected chi connectivity index (χ3v) is 6.88. The first-order valence-electron chi connectivity index (χ1n) is 10.9. The highest BCUT2D eigenvalue weighted by Gasteiger charge is 2.54. The Morgan fingerprint density at radius 1 is 1.00 bits per heavy atom. The molecule has 0 spiro atoms. The lowest BCUT2D eigenvalue weighted by molar-refractivity contribution is -0.143. The van der Waals surface area contributed by atoms with Crippen LogP contribution in [0.4, 0.5) is 0 Å². The molecular weight excluding hydrogens is 436 g/mol. The van der Waals surface area contributed by atoms with E-state index in [2.05, 4.69) is 0 Å². The van der Waals surface area contributed by atoms with E-state index >= 15 is 0 Å². The quantitative estimate of drug-likeness (QED) is 0.495. The van der Waals surface area contributed by atoms with Gasteiger partial charge < -0.3 is 10.0 Å². The lowest BCUT2D eigenvalue weighted by atomic mass is 9.75. The van der Waals surface area contributed by atoms with Crippen molar-refractivity contribution in [3.05, 3.63) is 94.2 Å². The number of imide groups is 1. The molecule has 170 valence electrons. The van der Waals surface area contributed by atoms with Crippen LogP contribution in [-0.2, 0) is 32.9 Å². The summed E-state index contributed by atoms with van der Waals surface area (Å²) < 4.78 is 0. The zero-order valence-corrected chi connectivity index (χ0v) is 19.0. The highest BCUT2D eigenvalue weighted by molar-refractivity contribution is 7.09. The average molecular weight is 463 g/mol. The van der Waals surface area contributed by atoms with Gasteiger partial charge in [-0.25, -0.2) is 0 Å². The summed E-state index contributed by atoms with van der Waals surface area (Å²) in [5, 5.41) is 11.5. The number of aliphatic hydroxyl groups excluding tert-OH is 1. The Morgan fingerprint density at radius 3 is 2.33 bits per heavy atom. The molecular formula is C26H26N2O4S. The molecule has 4 rings (SSSR count). The smallest absolute Gasteiger partial charge is 0.241 e. The van der Waals surface area contributed by atoms with Crippen LogP contribution >= 0.6 is 11.3 Å². The van der Waals surface area contributed by atoms with Gasteiger partial charge in [-0.3, -0.25) is 19.3 Å². The lowest BCUT2D eigenvalue weighted by Gasteiger charge is -2.30. The minimum Gasteiger partial charge on any atom is -0.395 e. The van der Waals surface area contributed by atoms with Crippen molar-refractivity contribution in [1.29, 1.82) is 0 Å². The van der Waals surface area contributed by atoms with Crippen molar-refractivity contribution >= 4 is 29.1 Å². The number of rotatable bonds is 9. The summed E-state index contributed by atoms with van der Waals surface area (Å²) in [4.78, 5) is 44.0. The second-order valence-electron chi connectivity index (χ2n) is 8.19. The molecule has 1 saturated heterocycles. The van der Waals surface area contributed by atoms with Crippen molar-refractivity contribution in [1.82, 2.24) is 9.80 Å². The second-order valence-corrected chi connectivity index (χ2v) is 9.22. The van der Waals surface area contributed by atoms with Crippen LogP contribution in [0.25, 0.3) is 0 Å². The fraction of sp³-hybridized carbons (Fsp3) is 0.269. The van der Waals surface area contributed by atoms with Gasteiger partial charge in [0, 0.05) is 30.8 Å². The van der Waals surface area contributed by atoms with E-state index < -0.39 is 5.41 Å². The van der Waals surface area contributed by atoms with Crippen molar-refractivity contribution < 1.29 is 19.5 Å². The number of carbonyl (C=O) groups excluding carboxylic acids is 3. The maximum absolute atomic E-state index is 13.7. The molecule has 1 aliphatic rings. The van der Waals surface area contributed by atoms with Crippen molar-refractivity contribution in [2.45, 2.75) is 31.3 Å². The number of amides is 3. The summed E-state index contributed by atoms with van der Waals surface area (Å²) in [5.41, 5.74) is 0.340. The molecule has 1 atom stereocenters. The van der Waals surface area contributed by atoms with Crippen molar-refractivity contribution in [3.8, 4) is 0 Å². The van der Waals surface area contributed by atoms with Crippen LogP contribution in [0, 0.1) is 0 Å². The van der Waals surface area contributed by atoms with E-state index in [1.807, 2.05) is 66.0 Å². The lowest BCUT2D eigenvalue weighted by Crippen LogP contribution is -2.43. The maximum Gasteiger partial charge on any atom is 0.241 e. The van der Waals surface area contributed by atoms with Crippen LogP contribution in [0.15, 0.2) is 78.2 Å². The molecule has 33 heavy (non-hydrogen) atoms. The molecule has 3 amide bonds. The topological polar surface area (TPSA) is 77.9 Å². The number of hydrogen-bond donors (Lipinski definition) is 1. The number of aliphatic hydroxyl groups is 1. The van der Waals surface area contributed by atoms with Gasteiger partial charge in [0.25, 0.3) is 0 Å². The Kier molecular flexibility index (Phi) is 7.01. The summed E-state index contributed by atoms with van der Waals surface area (Å²) in [7, 11) is 0. The SMILES string of the molecule is O=C(C[C@]1(c2ccccc2)CC(=O)N(Cc2cccs2)C1=O)N(CCO)Cc1ccccc1. The Labute approximate surface area is 197 Å². The molecule has 2 aromatic carbocycles. The number of hydrogen-bond acceptors (Lipinski definition) is 5. The Bertz CT molecular complexity index is 1100. The minimum atomic E-state index is -1.25. The number of likely N-dealkylation sites (tertiary alicyclic amines) is 1. The van der Waals surface area contributed by atoms with E-state index in [1.54, 1.807) is 17.0 Å². The first kappa shape index (κ1) is 22.9. The molecule has 1 aliphatic heterocycles. The molecule has 7 heteroatoms. The highest BCUT2D eigenvalue weighted by Crippen LogP contribution is 2.41. The van der Waals surface area contributed by atoms with E-state index in [0.717, 1.165) is 10.4 Å². The van der Waals surface area contributed by atoms with Crippen LogP contribution in [0.1, 0.15) is 28.8 Å². The van der Waals surface area contributed by atoms with Gasteiger partial charge in [-0.15, -0.1) is 11.3 Å². The molecule has 2 heterocycles. The van der Waals surface area contributed by atoms with Gasteiger partial charge in [0.05, 0.1) is 18.6 Å². The summed E-state index contributed by atoms with van der Waals surface area (Å²) >= 11 is 1.49. The average Bonchev–Trinajstić information content (AvgIpc) is 3.43. The molecule has 6 nitrogen and oxygen atoms in total. The van der Waals surface area contributed by atoms with E-state index in [4.69, 9.17) is 0 Å². The predicted molar refractivity (Wildman–Crippen MR) is 126 cm³/mol. The molecule has 3 aromatic rings. The van der Waals surface area contributed by atoms with E-state index in [9.17, 15) is 19.5 Å². The van der Waals surface area contributed by atoms with Crippen molar-refractivity contribution in [2.75, 3.05) is 13.2 Å². The first-order chi connectivity index (χ1) is 16.0. The van der Waals surface area contributed by atoms with Crippen molar-refractivity contribution in [2.24, 2.45) is 0 Å². The Balaban J connectivity index is 1.64. The molecule has 0 radical (unpaired) electrons. The fourth-order valence-corrected chi connectivity index (χ4v) is 5.02. The number of nitrogens with zero attached hydrogens (tertiary/aromatic N) is 2. The van der Waals surface area contributed by atoms with Gasteiger partial charge in [0.15, 0.2) is 0 Å². The van der Waals surface area contributed by atoms with Crippen LogP contribution in [0.3, 0.4) is 0 Å². The van der Waals surface area contributed by atoms with Gasteiger partial charge in [0.1, 0.15) is 0 Å². The van der Waals surface area contributed by atoms with Gasteiger partial charge in [-0.1, -0.05) is 66.7 Å². The van der Waals surface area contributed by atoms with E-state index in [1.165, 1.54) is 16.2 Å². The molecule has 1 aromatic heterocycles. The fourth-order valence-electron chi connectivity index (χ4n) is 4.33. The third kappa shape index (κ3) is 4.89. The zero-order valence-electron chi connectivity index (χ0n) is 18.2. The molecule has 0 saturated carbocycles. The summed E-state index contributed by atoms with van der Waals surface area (Å²) in [6.45, 7) is 0.503. The molecule has 0 unspecified atom stereocenters. The second kappa shape index (κ2) is 10.1. The predicted octanol–water partition coefficient (Wildman–Crippen LogP) is 3.36. The normalized spacial score (nSPS) is 18.0. The first-order valence-corrected chi connectivity index (χ1v) is 11.8. The largest absolute Gasteiger partial charge is 0.395 e. The molecule has 1 fully saturated rings. The van der Waals surface area contributed by atoms with Gasteiger partial charge >= 0.3 is 0 Å².